The summed E-state index contributed by atoms with van der Waals surface area (Å²) in [6, 6.07) is 4.23. The van der Waals surface area contributed by atoms with Crippen LogP contribution in [-0.4, -0.2) is 23.4 Å². The molecule has 1 aromatic carbocycles. The molecule has 1 aromatic rings. The molecular formula is C16H22ClFN2O. The van der Waals surface area contributed by atoms with Crippen LogP contribution in [0.15, 0.2) is 18.2 Å². The number of amides is 1. The Labute approximate surface area is 130 Å². The lowest BCUT2D eigenvalue weighted by atomic mass is 9.95. The molecule has 0 saturated carbocycles. The zero-order valence-electron chi connectivity index (χ0n) is 12.5. The van der Waals surface area contributed by atoms with Gasteiger partial charge >= 0.3 is 0 Å². The number of hydrogen-bond donors (Lipinski definition) is 1. The molecule has 116 valence electrons. The second kappa shape index (κ2) is 6.75. The van der Waals surface area contributed by atoms with Crippen LogP contribution < -0.4 is 5.73 Å². The van der Waals surface area contributed by atoms with E-state index in [4.69, 9.17) is 17.3 Å². The number of halogens is 2. The summed E-state index contributed by atoms with van der Waals surface area (Å²) < 4.78 is 13.8. The summed E-state index contributed by atoms with van der Waals surface area (Å²) in [5.74, 6) is -0.0431. The van der Waals surface area contributed by atoms with E-state index in [0.717, 1.165) is 18.4 Å². The van der Waals surface area contributed by atoms with E-state index in [2.05, 4.69) is 13.8 Å². The molecule has 0 spiro atoms. The van der Waals surface area contributed by atoms with Gasteiger partial charge in [0.15, 0.2) is 0 Å². The number of hydrogen-bond acceptors (Lipinski definition) is 2. The maximum atomic E-state index is 13.8. The topological polar surface area (TPSA) is 46.3 Å². The minimum atomic E-state index is -0.470. The van der Waals surface area contributed by atoms with Gasteiger partial charge in [0, 0.05) is 19.0 Å². The molecule has 3 nitrogen and oxygen atoms in total. The molecule has 2 rings (SSSR count). The van der Waals surface area contributed by atoms with Crippen LogP contribution >= 0.6 is 11.6 Å². The first-order chi connectivity index (χ1) is 9.90. The van der Waals surface area contributed by atoms with Crippen LogP contribution in [0.4, 0.5) is 4.39 Å². The molecule has 1 fully saturated rings. The SMILES string of the molecule is CC(C)CN1C(=O)CCCC(N)C1c1ccc(Cl)c(F)c1. The molecule has 2 N–H and O–H groups in total. The zero-order valence-corrected chi connectivity index (χ0v) is 13.2. The van der Waals surface area contributed by atoms with Crippen LogP contribution in [-0.2, 0) is 4.79 Å². The smallest absolute Gasteiger partial charge is 0.223 e. The lowest BCUT2D eigenvalue weighted by molar-refractivity contribution is -0.133. The molecule has 1 heterocycles. The van der Waals surface area contributed by atoms with Gasteiger partial charge in [0.05, 0.1) is 11.1 Å². The normalized spacial score (nSPS) is 23.5. The third kappa shape index (κ3) is 3.74. The van der Waals surface area contributed by atoms with Gasteiger partial charge in [-0.1, -0.05) is 31.5 Å². The van der Waals surface area contributed by atoms with Crippen molar-refractivity contribution < 1.29 is 9.18 Å². The molecule has 0 radical (unpaired) electrons. The largest absolute Gasteiger partial charge is 0.334 e. The second-order valence-corrected chi connectivity index (χ2v) is 6.52. The van der Waals surface area contributed by atoms with Crippen LogP contribution in [0, 0.1) is 11.7 Å². The summed E-state index contributed by atoms with van der Waals surface area (Å²) >= 11 is 5.75. The predicted octanol–water partition coefficient (Wildman–Crippen LogP) is 3.52. The van der Waals surface area contributed by atoms with Crippen LogP contribution in [0.5, 0.6) is 0 Å². The van der Waals surface area contributed by atoms with Gasteiger partial charge < -0.3 is 10.6 Å². The minimum absolute atomic E-state index is 0.0858. The summed E-state index contributed by atoms with van der Waals surface area (Å²) in [5, 5.41) is 0.0858. The fourth-order valence-electron chi connectivity index (χ4n) is 2.91. The third-order valence-electron chi connectivity index (χ3n) is 3.84. The van der Waals surface area contributed by atoms with Gasteiger partial charge in [-0.05, 0) is 36.5 Å². The van der Waals surface area contributed by atoms with Crippen molar-refractivity contribution in [2.45, 2.75) is 45.2 Å². The number of nitrogens with zero attached hydrogens (tertiary/aromatic N) is 1. The molecule has 1 aliphatic rings. The fourth-order valence-corrected chi connectivity index (χ4v) is 3.03. The maximum Gasteiger partial charge on any atom is 0.223 e. The van der Waals surface area contributed by atoms with Crippen LogP contribution in [0.1, 0.15) is 44.7 Å². The molecule has 1 amide bonds. The van der Waals surface area contributed by atoms with E-state index in [-0.39, 0.29) is 23.0 Å². The van der Waals surface area contributed by atoms with Gasteiger partial charge in [-0.2, -0.15) is 0 Å². The number of nitrogens with two attached hydrogens (primary N) is 1. The number of carbonyl (C=O) groups is 1. The van der Waals surface area contributed by atoms with Gasteiger partial charge in [-0.15, -0.1) is 0 Å². The Bertz CT molecular complexity index is 521. The van der Waals surface area contributed by atoms with Crippen molar-refractivity contribution in [1.82, 2.24) is 4.90 Å². The van der Waals surface area contributed by atoms with Crippen LogP contribution in [0.3, 0.4) is 0 Å². The number of likely N-dealkylation sites (tertiary alicyclic amines) is 1. The highest BCUT2D eigenvalue weighted by atomic mass is 35.5. The van der Waals surface area contributed by atoms with Crippen molar-refractivity contribution in [3.8, 4) is 0 Å². The number of rotatable bonds is 3. The molecule has 21 heavy (non-hydrogen) atoms. The average molecular weight is 313 g/mol. The van der Waals surface area contributed by atoms with Crippen molar-refractivity contribution in [1.29, 1.82) is 0 Å². The quantitative estimate of drug-likeness (QED) is 0.928. The highest BCUT2D eigenvalue weighted by molar-refractivity contribution is 6.30. The average Bonchev–Trinajstić information content (AvgIpc) is 2.53. The molecule has 0 aliphatic carbocycles. The molecule has 1 aliphatic heterocycles. The first kappa shape index (κ1) is 16.2. The molecule has 5 heteroatoms. The van der Waals surface area contributed by atoms with E-state index < -0.39 is 5.82 Å². The van der Waals surface area contributed by atoms with Crippen molar-refractivity contribution in [2.24, 2.45) is 11.7 Å². The molecule has 0 bridgehead atoms. The summed E-state index contributed by atoms with van der Waals surface area (Å²) in [5.41, 5.74) is 7.00. The van der Waals surface area contributed by atoms with Gasteiger partial charge in [-0.3, -0.25) is 4.79 Å². The Morgan fingerprint density at radius 3 is 2.81 bits per heavy atom. The van der Waals surface area contributed by atoms with E-state index in [1.54, 1.807) is 6.07 Å². The summed E-state index contributed by atoms with van der Waals surface area (Å²) in [6.07, 6.45) is 2.05. The standard InChI is InChI=1S/C16H22ClFN2O/c1-10(2)9-20-15(21)5-3-4-14(19)16(20)11-6-7-12(17)13(18)8-11/h6-8,10,14,16H,3-5,9,19H2,1-2H3. The monoisotopic (exact) mass is 312 g/mol. The molecule has 2 unspecified atom stereocenters. The van der Waals surface area contributed by atoms with E-state index in [9.17, 15) is 9.18 Å². The Hall–Kier alpha value is -1.13. The van der Waals surface area contributed by atoms with E-state index in [0.29, 0.717) is 18.9 Å². The molecule has 2 atom stereocenters. The second-order valence-electron chi connectivity index (χ2n) is 6.11. The summed E-state index contributed by atoms with van der Waals surface area (Å²) in [7, 11) is 0. The zero-order chi connectivity index (χ0) is 15.6. The van der Waals surface area contributed by atoms with Crippen LogP contribution in [0.25, 0.3) is 0 Å². The molecule has 1 saturated heterocycles. The Morgan fingerprint density at radius 1 is 1.48 bits per heavy atom. The van der Waals surface area contributed by atoms with Crippen molar-refractivity contribution in [3.63, 3.8) is 0 Å². The summed E-state index contributed by atoms with van der Waals surface area (Å²) in [4.78, 5) is 14.2. The molecular weight excluding hydrogens is 291 g/mol. The van der Waals surface area contributed by atoms with Crippen LogP contribution in [0.2, 0.25) is 5.02 Å². The molecule has 0 aromatic heterocycles. The first-order valence-corrected chi connectivity index (χ1v) is 7.78. The lowest BCUT2D eigenvalue weighted by Gasteiger charge is -2.35. The van der Waals surface area contributed by atoms with Gasteiger partial charge in [0.2, 0.25) is 5.91 Å². The van der Waals surface area contributed by atoms with Crippen molar-refractivity contribution >= 4 is 17.5 Å². The van der Waals surface area contributed by atoms with Crippen molar-refractivity contribution in [3.05, 3.63) is 34.6 Å². The minimum Gasteiger partial charge on any atom is -0.334 e. The van der Waals surface area contributed by atoms with E-state index in [1.165, 1.54) is 12.1 Å². The van der Waals surface area contributed by atoms with E-state index in [1.807, 2.05) is 4.90 Å². The maximum absolute atomic E-state index is 13.8. The van der Waals surface area contributed by atoms with Gasteiger partial charge in [0.25, 0.3) is 0 Å². The Kier molecular flexibility index (Phi) is 5.22. The summed E-state index contributed by atoms with van der Waals surface area (Å²) in [6.45, 7) is 4.74. The Balaban J connectivity index is 2.40. The van der Waals surface area contributed by atoms with Gasteiger partial charge in [0.1, 0.15) is 5.82 Å². The van der Waals surface area contributed by atoms with Crippen molar-refractivity contribution in [2.75, 3.05) is 6.54 Å². The fraction of sp³-hybridized carbons (Fsp3) is 0.562. The van der Waals surface area contributed by atoms with E-state index >= 15 is 0 Å². The highest BCUT2D eigenvalue weighted by Crippen LogP contribution is 2.32. The third-order valence-corrected chi connectivity index (χ3v) is 4.14. The number of carbonyl (C=O) groups excluding carboxylic acids is 1. The number of benzene rings is 1. The first-order valence-electron chi connectivity index (χ1n) is 7.40. The highest BCUT2D eigenvalue weighted by Gasteiger charge is 2.33. The Morgan fingerprint density at radius 2 is 2.19 bits per heavy atom. The lowest BCUT2D eigenvalue weighted by Crippen LogP contribution is -2.43. The van der Waals surface area contributed by atoms with Gasteiger partial charge in [-0.25, -0.2) is 4.39 Å². The predicted molar refractivity (Wildman–Crippen MR) is 82.5 cm³/mol.